The molecular weight excluding hydrogens is 708 g/mol. The molecule has 1 fully saturated rings. The van der Waals surface area contributed by atoms with Crippen molar-refractivity contribution >= 4 is 75.2 Å². The lowest BCUT2D eigenvalue weighted by atomic mass is 10.0. The van der Waals surface area contributed by atoms with Gasteiger partial charge >= 0.3 is 12.1 Å². The number of β-lactam (4-membered cyclic amide) rings is 1. The smallest absolute Gasteiger partial charge is 0.453 e. The molecule has 3 amide bonds. The normalized spacial score (nSPS) is 18.4. The van der Waals surface area contributed by atoms with Gasteiger partial charge in [-0.05, 0) is 25.5 Å². The number of aliphatic carboxylic acids is 1. The molecule has 256 valence electrons. The topological polar surface area (TPSA) is 266 Å². The van der Waals surface area contributed by atoms with Crippen LogP contribution in [0, 0.1) is 0 Å². The van der Waals surface area contributed by atoms with E-state index >= 15 is 0 Å². The lowest BCUT2D eigenvalue weighted by Crippen LogP contribution is -2.71. The molecule has 8 N–H and O–H groups in total. The molecule has 3 aromatic rings. The minimum atomic E-state index is -4.84. The predicted molar refractivity (Wildman–Crippen MR) is 163 cm³/mol. The number of hydrogen-bond donors (Lipinski definition) is 6. The van der Waals surface area contributed by atoms with Crippen LogP contribution in [0.5, 0.6) is 0 Å². The highest BCUT2D eigenvalue weighted by molar-refractivity contribution is 8.01. The standard InChI is InChI=1S/C24H24F3N11O7S3/c1-23(2,20(44)34-29)45-36-12(10-7-48-21(28)30-10)15(40)32-13-16(41)37-14(18(42)43)8(6-47-17(13)37)5-46-11-3-9(4-39)38-22(31-11)33-19(35-38)24(25,26)27/h3,7,13,17,39H,4-6,29H2,1-2H3,(H2,28,30)(H,32,40)(H,34,44)(H,42,43)/t13?,17-/m1/s1. The Bertz CT molecular complexity index is 1880. The molecular formula is C24H24F3N11O7S3. The largest absolute Gasteiger partial charge is 0.477 e. The maximum atomic E-state index is 13.3. The van der Waals surface area contributed by atoms with Crippen LogP contribution < -0.4 is 22.3 Å². The number of aromatic nitrogens is 5. The Morgan fingerprint density at radius 3 is 2.58 bits per heavy atom. The molecule has 0 bridgehead atoms. The zero-order valence-electron chi connectivity index (χ0n) is 24.5. The number of anilines is 1. The summed E-state index contributed by atoms with van der Waals surface area (Å²) in [5, 5.41) is 30.2. The van der Waals surface area contributed by atoms with Gasteiger partial charge in [0.05, 0.1) is 12.3 Å². The Morgan fingerprint density at radius 1 is 1.25 bits per heavy atom. The van der Waals surface area contributed by atoms with Gasteiger partial charge in [0, 0.05) is 16.9 Å². The number of aliphatic hydroxyl groups is 1. The van der Waals surface area contributed by atoms with Crippen LogP contribution in [-0.2, 0) is 36.8 Å². The molecule has 48 heavy (non-hydrogen) atoms. The third-order valence-corrected chi connectivity index (χ3v) is 9.74. The van der Waals surface area contributed by atoms with Crippen molar-refractivity contribution in [2.75, 3.05) is 17.2 Å². The number of carboxylic acid groups (broad SMARTS) is 1. The van der Waals surface area contributed by atoms with Crippen LogP contribution in [0.1, 0.15) is 31.1 Å². The van der Waals surface area contributed by atoms with E-state index in [9.17, 15) is 42.6 Å². The zero-order chi connectivity index (χ0) is 35.1. The van der Waals surface area contributed by atoms with Gasteiger partial charge in [-0.2, -0.15) is 22.7 Å². The number of carbonyl (C=O) groups is 4. The Labute approximate surface area is 279 Å². The number of thiazole rings is 1. The fourth-order valence-corrected chi connectivity index (χ4v) is 7.30. The number of oxime groups is 1. The summed E-state index contributed by atoms with van der Waals surface area (Å²) < 4.78 is 40.1. The van der Waals surface area contributed by atoms with Crippen molar-refractivity contribution in [2.45, 2.75) is 48.7 Å². The van der Waals surface area contributed by atoms with Crippen molar-refractivity contribution in [3.8, 4) is 0 Å². The third-order valence-electron chi connectivity index (χ3n) is 6.73. The van der Waals surface area contributed by atoms with E-state index in [0.717, 1.165) is 44.3 Å². The second-order valence-corrected chi connectivity index (χ2v) is 13.4. The van der Waals surface area contributed by atoms with E-state index in [1.807, 2.05) is 5.43 Å². The first kappa shape index (κ1) is 34.8. The quantitative estimate of drug-likeness (QED) is 0.0281. The molecule has 2 atom stereocenters. The lowest BCUT2D eigenvalue weighted by Gasteiger charge is -2.49. The van der Waals surface area contributed by atoms with E-state index < -0.39 is 70.8 Å². The number of carbonyl (C=O) groups excluding carboxylic acids is 3. The Balaban J connectivity index is 1.34. The number of amides is 3. The Morgan fingerprint density at radius 2 is 1.98 bits per heavy atom. The summed E-state index contributed by atoms with van der Waals surface area (Å²) in [4.78, 5) is 68.7. The number of nitrogen functional groups attached to an aromatic ring is 1. The highest BCUT2D eigenvalue weighted by Crippen LogP contribution is 2.41. The summed E-state index contributed by atoms with van der Waals surface area (Å²) >= 11 is 3.10. The first-order valence-electron chi connectivity index (χ1n) is 13.3. The van der Waals surface area contributed by atoms with Gasteiger partial charge in [-0.3, -0.25) is 24.7 Å². The average molecular weight is 732 g/mol. The summed E-state index contributed by atoms with van der Waals surface area (Å²) in [6.07, 6.45) is -4.84. The number of halogens is 3. The van der Waals surface area contributed by atoms with E-state index in [4.69, 9.17) is 16.4 Å². The lowest BCUT2D eigenvalue weighted by molar-refractivity contribution is -0.150. The molecule has 0 saturated carbocycles. The van der Waals surface area contributed by atoms with Gasteiger partial charge in [0.1, 0.15) is 27.8 Å². The number of thioether (sulfide) groups is 2. The fourth-order valence-electron chi connectivity index (χ4n) is 4.35. The van der Waals surface area contributed by atoms with Crippen LogP contribution in [0.3, 0.4) is 0 Å². The van der Waals surface area contributed by atoms with Gasteiger partial charge < -0.3 is 26.1 Å². The second kappa shape index (κ2) is 13.2. The number of aliphatic hydroxyl groups excluding tert-OH is 1. The summed E-state index contributed by atoms with van der Waals surface area (Å²) in [7, 11) is 0. The number of nitrogens with zero attached hydrogens (tertiary/aromatic N) is 7. The summed E-state index contributed by atoms with van der Waals surface area (Å²) in [5.74, 6) is -0.480. The van der Waals surface area contributed by atoms with Crippen molar-refractivity contribution in [1.29, 1.82) is 0 Å². The van der Waals surface area contributed by atoms with Gasteiger partial charge in [-0.15, -0.1) is 40.0 Å². The molecule has 2 aliphatic rings. The molecule has 3 aromatic heterocycles. The molecule has 18 nitrogen and oxygen atoms in total. The van der Waals surface area contributed by atoms with Gasteiger partial charge in [-0.25, -0.2) is 20.6 Å². The molecule has 5 heterocycles. The number of nitrogens with one attached hydrogen (secondary N) is 2. The van der Waals surface area contributed by atoms with Crippen LogP contribution in [0.15, 0.2) is 32.9 Å². The van der Waals surface area contributed by atoms with E-state index in [-0.39, 0.29) is 38.7 Å². The number of carboxylic acids is 1. The van der Waals surface area contributed by atoms with Gasteiger partial charge in [0.15, 0.2) is 10.8 Å². The molecule has 1 saturated heterocycles. The Kier molecular flexibility index (Phi) is 9.55. The molecule has 0 spiro atoms. The molecule has 5 rings (SSSR count). The maximum Gasteiger partial charge on any atom is 0.453 e. The first-order chi connectivity index (χ1) is 22.5. The average Bonchev–Trinajstić information content (AvgIpc) is 3.67. The fraction of sp³-hybridized carbons (Fsp3) is 0.375. The molecule has 2 aliphatic heterocycles. The van der Waals surface area contributed by atoms with Crippen molar-refractivity contribution < 1.29 is 47.4 Å². The number of hydrazine groups is 1. The minimum Gasteiger partial charge on any atom is -0.477 e. The monoisotopic (exact) mass is 731 g/mol. The maximum absolute atomic E-state index is 13.3. The van der Waals surface area contributed by atoms with Crippen molar-refractivity contribution in [3.05, 3.63) is 39.9 Å². The second-order valence-electron chi connectivity index (χ2n) is 10.4. The number of nitrogens with two attached hydrogens (primary N) is 2. The van der Waals surface area contributed by atoms with Gasteiger partial charge in [0.2, 0.25) is 5.60 Å². The van der Waals surface area contributed by atoms with E-state index in [0.29, 0.717) is 5.57 Å². The highest BCUT2D eigenvalue weighted by atomic mass is 32.2. The number of alkyl halides is 3. The van der Waals surface area contributed by atoms with Crippen LogP contribution in [0.4, 0.5) is 18.3 Å². The minimum absolute atomic E-state index is 0.0128. The molecule has 0 aromatic carbocycles. The van der Waals surface area contributed by atoms with E-state index in [1.54, 1.807) is 0 Å². The first-order valence-corrected chi connectivity index (χ1v) is 16.2. The van der Waals surface area contributed by atoms with Gasteiger partial charge in [-0.1, -0.05) is 5.16 Å². The van der Waals surface area contributed by atoms with Crippen LogP contribution in [0.2, 0.25) is 0 Å². The summed E-state index contributed by atoms with van der Waals surface area (Å²) in [6, 6.07) is 0.106. The highest BCUT2D eigenvalue weighted by Gasteiger charge is 2.54. The van der Waals surface area contributed by atoms with E-state index in [2.05, 4.69) is 30.5 Å². The third kappa shape index (κ3) is 6.73. The number of fused-ring (bicyclic) bond motifs is 2. The SMILES string of the molecule is CC(C)(ON=C(C(=O)NC1C(=O)N2C(C(=O)O)=C(CSc3cc(CO)n4nc(C(F)(F)F)nc4n3)CS[C@H]12)c1csc(N)n1)C(=O)NN. The summed E-state index contributed by atoms with van der Waals surface area (Å²) in [5.41, 5.74) is 5.51. The van der Waals surface area contributed by atoms with Crippen LogP contribution in [0.25, 0.3) is 5.78 Å². The molecule has 0 aliphatic carbocycles. The molecule has 1 unspecified atom stereocenters. The molecule has 24 heteroatoms. The van der Waals surface area contributed by atoms with Crippen LogP contribution in [-0.4, -0.2) is 97.6 Å². The van der Waals surface area contributed by atoms with Crippen molar-refractivity contribution in [2.24, 2.45) is 11.0 Å². The van der Waals surface area contributed by atoms with Crippen LogP contribution >= 0.6 is 34.9 Å². The molecule has 0 radical (unpaired) electrons. The summed E-state index contributed by atoms with van der Waals surface area (Å²) in [6.45, 7) is 1.99. The number of rotatable bonds is 11. The van der Waals surface area contributed by atoms with Crippen molar-refractivity contribution in [3.63, 3.8) is 0 Å². The predicted octanol–water partition coefficient (Wildman–Crippen LogP) is -0.306. The van der Waals surface area contributed by atoms with Gasteiger partial charge in [0.25, 0.3) is 29.3 Å². The number of hydrogen-bond acceptors (Lipinski definition) is 16. The van der Waals surface area contributed by atoms with Crippen molar-refractivity contribution in [1.82, 2.24) is 40.2 Å². The van der Waals surface area contributed by atoms with E-state index in [1.165, 1.54) is 25.3 Å². The zero-order valence-corrected chi connectivity index (χ0v) is 27.0. The Hall–Kier alpha value is -4.52.